The molecule has 1 atom stereocenters. The molecule has 1 aliphatic carbocycles. The maximum atomic E-state index is 13.6. The van der Waals surface area contributed by atoms with Gasteiger partial charge in [0.2, 0.25) is 0 Å². The van der Waals surface area contributed by atoms with Crippen LogP contribution in [-0.4, -0.2) is 12.7 Å². The van der Waals surface area contributed by atoms with Gasteiger partial charge in [-0.1, -0.05) is 31.4 Å². The summed E-state index contributed by atoms with van der Waals surface area (Å²) in [5, 5.41) is 0. The first kappa shape index (κ1) is 13.5. The Bertz CT molecular complexity index is 413. The standard InChI is InChI=1S/C15H22FNO/c1-11-6-7-12(10-13(11)16)14(17)15(18-2)8-4-3-5-9-15/h6-7,10,14H,3-5,8-9,17H2,1-2H3. The summed E-state index contributed by atoms with van der Waals surface area (Å²) in [6.45, 7) is 1.76. The molecule has 2 rings (SSSR count). The number of ether oxygens (including phenoxy) is 1. The first-order valence-corrected chi connectivity index (χ1v) is 6.66. The van der Waals surface area contributed by atoms with Gasteiger partial charge >= 0.3 is 0 Å². The van der Waals surface area contributed by atoms with E-state index in [0.717, 1.165) is 31.2 Å². The van der Waals surface area contributed by atoms with Crippen LogP contribution in [-0.2, 0) is 4.74 Å². The fraction of sp³-hybridized carbons (Fsp3) is 0.600. The molecule has 1 saturated carbocycles. The maximum Gasteiger partial charge on any atom is 0.126 e. The van der Waals surface area contributed by atoms with Crippen molar-refractivity contribution < 1.29 is 9.13 Å². The fourth-order valence-corrected chi connectivity index (χ4v) is 2.90. The van der Waals surface area contributed by atoms with E-state index < -0.39 is 0 Å². The number of rotatable bonds is 3. The Balaban J connectivity index is 2.27. The second-order valence-electron chi connectivity index (χ2n) is 5.32. The quantitative estimate of drug-likeness (QED) is 0.892. The molecule has 2 nitrogen and oxygen atoms in total. The Hall–Kier alpha value is -0.930. The molecule has 0 heterocycles. The molecule has 1 unspecified atom stereocenters. The Morgan fingerprint density at radius 2 is 1.94 bits per heavy atom. The number of hydrogen-bond acceptors (Lipinski definition) is 2. The van der Waals surface area contributed by atoms with Gasteiger partial charge in [-0.25, -0.2) is 4.39 Å². The summed E-state index contributed by atoms with van der Waals surface area (Å²) in [4.78, 5) is 0. The van der Waals surface area contributed by atoms with Crippen LogP contribution in [0.4, 0.5) is 4.39 Å². The molecule has 1 aliphatic rings. The summed E-state index contributed by atoms with van der Waals surface area (Å²) < 4.78 is 19.4. The lowest BCUT2D eigenvalue weighted by atomic mass is 9.77. The molecule has 0 spiro atoms. The van der Waals surface area contributed by atoms with Gasteiger partial charge in [0.15, 0.2) is 0 Å². The van der Waals surface area contributed by atoms with Crippen LogP contribution >= 0.6 is 0 Å². The Kier molecular flexibility index (Phi) is 4.03. The molecule has 1 aromatic carbocycles. The van der Waals surface area contributed by atoms with E-state index >= 15 is 0 Å². The molecule has 3 heteroatoms. The molecular formula is C15H22FNO. The third kappa shape index (κ3) is 2.43. The smallest absolute Gasteiger partial charge is 0.126 e. The third-order valence-corrected chi connectivity index (χ3v) is 4.23. The van der Waals surface area contributed by atoms with Gasteiger partial charge in [-0.05, 0) is 37.0 Å². The van der Waals surface area contributed by atoms with E-state index in [1.807, 2.05) is 6.07 Å². The fourth-order valence-electron chi connectivity index (χ4n) is 2.90. The minimum absolute atomic E-state index is 0.190. The molecule has 1 fully saturated rings. The number of nitrogens with two attached hydrogens (primary N) is 1. The lowest BCUT2D eigenvalue weighted by Crippen LogP contribution is -2.44. The van der Waals surface area contributed by atoms with Crippen molar-refractivity contribution in [1.82, 2.24) is 0 Å². The van der Waals surface area contributed by atoms with Crippen molar-refractivity contribution in [3.05, 3.63) is 35.1 Å². The first-order valence-electron chi connectivity index (χ1n) is 6.66. The zero-order chi connectivity index (χ0) is 13.2. The van der Waals surface area contributed by atoms with Crippen molar-refractivity contribution in [1.29, 1.82) is 0 Å². The van der Waals surface area contributed by atoms with E-state index in [0.29, 0.717) is 5.56 Å². The highest BCUT2D eigenvalue weighted by atomic mass is 19.1. The van der Waals surface area contributed by atoms with Crippen LogP contribution in [0.1, 0.15) is 49.3 Å². The van der Waals surface area contributed by atoms with Crippen LogP contribution in [0, 0.1) is 12.7 Å². The van der Waals surface area contributed by atoms with Crippen molar-refractivity contribution in [2.75, 3.05) is 7.11 Å². The summed E-state index contributed by atoms with van der Waals surface area (Å²) in [6, 6.07) is 5.00. The van der Waals surface area contributed by atoms with Crippen LogP contribution < -0.4 is 5.73 Å². The van der Waals surface area contributed by atoms with Gasteiger partial charge in [0.05, 0.1) is 11.6 Å². The second-order valence-corrected chi connectivity index (χ2v) is 5.32. The minimum Gasteiger partial charge on any atom is -0.376 e. The summed E-state index contributed by atoms with van der Waals surface area (Å²) in [5.74, 6) is -0.190. The summed E-state index contributed by atoms with van der Waals surface area (Å²) in [7, 11) is 1.72. The van der Waals surface area contributed by atoms with Crippen LogP contribution in [0.25, 0.3) is 0 Å². The van der Waals surface area contributed by atoms with Gasteiger partial charge in [-0.3, -0.25) is 0 Å². The predicted octanol–water partition coefficient (Wildman–Crippen LogP) is 3.48. The van der Waals surface area contributed by atoms with Gasteiger partial charge in [0.1, 0.15) is 5.82 Å². The van der Waals surface area contributed by atoms with Gasteiger partial charge in [0.25, 0.3) is 0 Å². The summed E-state index contributed by atoms with van der Waals surface area (Å²) >= 11 is 0. The van der Waals surface area contributed by atoms with E-state index in [9.17, 15) is 4.39 Å². The molecule has 100 valence electrons. The molecule has 0 aromatic heterocycles. The highest BCUT2D eigenvalue weighted by molar-refractivity contribution is 5.27. The first-order chi connectivity index (χ1) is 8.59. The zero-order valence-electron chi connectivity index (χ0n) is 11.2. The van der Waals surface area contributed by atoms with E-state index in [4.69, 9.17) is 10.5 Å². The zero-order valence-corrected chi connectivity index (χ0v) is 11.2. The molecule has 0 radical (unpaired) electrons. The molecule has 18 heavy (non-hydrogen) atoms. The van der Waals surface area contributed by atoms with Gasteiger partial charge in [-0.2, -0.15) is 0 Å². The monoisotopic (exact) mass is 251 g/mol. The van der Waals surface area contributed by atoms with E-state index in [1.54, 1.807) is 26.2 Å². The Morgan fingerprint density at radius 1 is 1.28 bits per heavy atom. The molecule has 0 aliphatic heterocycles. The van der Waals surface area contributed by atoms with E-state index in [-0.39, 0.29) is 17.5 Å². The molecule has 0 bridgehead atoms. The number of aryl methyl sites for hydroxylation is 1. The molecule has 1 aromatic rings. The highest BCUT2D eigenvalue weighted by Crippen LogP contribution is 2.39. The minimum atomic E-state index is -0.319. The van der Waals surface area contributed by atoms with Crippen molar-refractivity contribution in [2.45, 2.75) is 50.7 Å². The molecular weight excluding hydrogens is 229 g/mol. The Labute approximate surface area is 108 Å². The number of methoxy groups -OCH3 is 1. The third-order valence-electron chi connectivity index (χ3n) is 4.23. The highest BCUT2D eigenvalue weighted by Gasteiger charge is 2.38. The van der Waals surface area contributed by atoms with Crippen molar-refractivity contribution >= 4 is 0 Å². The van der Waals surface area contributed by atoms with Gasteiger partial charge < -0.3 is 10.5 Å². The van der Waals surface area contributed by atoms with Crippen molar-refractivity contribution in [3.63, 3.8) is 0 Å². The van der Waals surface area contributed by atoms with Crippen LogP contribution in [0.5, 0.6) is 0 Å². The lowest BCUT2D eigenvalue weighted by molar-refractivity contribution is -0.0595. The number of hydrogen-bond donors (Lipinski definition) is 1. The average Bonchev–Trinajstić information content (AvgIpc) is 2.42. The topological polar surface area (TPSA) is 35.2 Å². The molecule has 2 N–H and O–H groups in total. The molecule has 0 saturated heterocycles. The predicted molar refractivity (Wildman–Crippen MR) is 70.9 cm³/mol. The summed E-state index contributed by atoms with van der Waals surface area (Å²) in [5.41, 5.74) is 7.51. The summed E-state index contributed by atoms with van der Waals surface area (Å²) in [6.07, 6.45) is 5.42. The number of benzene rings is 1. The van der Waals surface area contributed by atoms with E-state index in [1.165, 1.54) is 6.42 Å². The van der Waals surface area contributed by atoms with Crippen LogP contribution in [0.15, 0.2) is 18.2 Å². The SMILES string of the molecule is COC1(C(N)c2ccc(C)c(F)c2)CCCCC1. The Morgan fingerprint density at radius 3 is 2.50 bits per heavy atom. The lowest BCUT2D eigenvalue weighted by Gasteiger charge is -2.41. The normalized spacial score (nSPS) is 20.7. The number of halogens is 1. The van der Waals surface area contributed by atoms with Crippen molar-refractivity contribution in [3.8, 4) is 0 Å². The largest absolute Gasteiger partial charge is 0.376 e. The van der Waals surface area contributed by atoms with E-state index in [2.05, 4.69) is 0 Å². The van der Waals surface area contributed by atoms with Crippen LogP contribution in [0.2, 0.25) is 0 Å². The average molecular weight is 251 g/mol. The maximum absolute atomic E-state index is 13.6. The second kappa shape index (κ2) is 5.37. The van der Waals surface area contributed by atoms with Gasteiger partial charge in [0, 0.05) is 7.11 Å². The van der Waals surface area contributed by atoms with Crippen LogP contribution in [0.3, 0.4) is 0 Å². The molecule has 0 amide bonds. The van der Waals surface area contributed by atoms with Crippen molar-refractivity contribution in [2.24, 2.45) is 5.73 Å². The van der Waals surface area contributed by atoms with Gasteiger partial charge in [-0.15, -0.1) is 0 Å².